The van der Waals surface area contributed by atoms with Crippen molar-refractivity contribution in [3.05, 3.63) is 69.2 Å². The van der Waals surface area contributed by atoms with Crippen molar-refractivity contribution in [2.45, 2.75) is 5.41 Å². The van der Waals surface area contributed by atoms with E-state index in [0.29, 0.717) is 10.0 Å². The van der Waals surface area contributed by atoms with E-state index >= 15 is 0 Å². The molecule has 3 aliphatic rings. The van der Waals surface area contributed by atoms with Crippen LogP contribution < -0.4 is 0 Å². The summed E-state index contributed by atoms with van der Waals surface area (Å²) in [5.74, 6) is 0. The third-order valence-electron chi connectivity index (χ3n) is 4.02. The summed E-state index contributed by atoms with van der Waals surface area (Å²) in [5, 5.41) is 4.46. The lowest BCUT2D eigenvalue weighted by Gasteiger charge is -2.33. The van der Waals surface area contributed by atoms with Crippen molar-refractivity contribution >= 4 is 40.1 Å². The highest BCUT2D eigenvalue weighted by atomic mass is 35.5. The van der Waals surface area contributed by atoms with Gasteiger partial charge in [-0.15, -0.1) is 0 Å². The van der Waals surface area contributed by atoms with Crippen molar-refractivity contribution in [3.8, 4) is 0 Å². The van der Waals surface area contributed by atoms with Crippen LogP contribution in [0.2, 0.25) is 10.0 Å². The van der Waals surface area contributed by atoms with Gasteiger partial charge in [-0.05, 0) is 17.7 Å². The second-order valence-electron chi connectivity index (χ2n) is 5.15. The van der Waals surface area contributed by atoms with Gasteiger partial charge in [-0.25, -0.2) is 0 Å². The van der Waals surface area contributed by atoms with Gasteiger partial charge < -0.3 is 4.90 Å². The van der Waals surface area contributed by atoms with Gasteiger partial charge in [0, 0.05) is 17.6 Å². The fourth-order valence-electron chi connectivity index (χ4n) is 2.98. The maximum Gasteiger partial charge on any atom is 0.168 e. The van der Waals surface area contributed by atoms with Crippen molar-refractivity contribution in [2.75, 3.05) is 13.1 Å². The first kappa shape index (κ1) is 13.5. The lowest BCUT2D eigenvalue weighted by Crippen LogP contribution is -2.34. The molecule has 0 saturated heterocycles. The molecule has 2 aliphatic heterocycles. The number of hydrogen-bond donors (Lipinski definition) is 0. The van der Waals surface area contributed by atoms with Gasteiger partial charge in [0.2, 0.25) is 0 Å². The van der Waals surface area contributed by atoms with Crippen LogP contribution in [0, 0.1) is 0 Å². The number of aliphatic imine (C=N–C) groups is 1. The zero-order chi connectivity index (χ0) is 14.4. The summed E-state index contributed by atoms with van der Waals surface area (Å²) < 4.78 is 0. The largest absolute Gasteiger partial charge is 0.321 e. The molecule has 0 fully saturated rings. The molecular formula is C16H12Cl2N2S. The van der Waals surface area contributed by atoms with Crippen molar-refractivity contribution in [3.63, 3.8) is 0 Å². The van der Waals surface area contributed by atoms with E-state index in [9.17, 15) is 0 Å². The van der Waals surface area contributed by atoms with Crippen LogP contribution in [-0.2, 0) is 5.41 Å². The number of thioether (sulfide) groups is 1. The average molecular weight is 335 g/mol. The van der Waals surface area contributed by atoms with Crippen LogP contribution in [0.1, 0.15) is 5.56 Å². The molecule has 1 aromatic carbocycles. The predicted molar refractivity (Wildman–Crippen MR) is 91.1 cm³/mol. The Labute approximate surface area is 137 Å². The van der Waals surface area contributed by atoms with Gasteiger partial charge in [0.05, 0.1) is 22.0 Å². The maximum atomic E-state index is 6.23. The van der Waals surface area contributed by atoms with E-state index in [1.165, 1.54) is 5.70 Å². The van der Waals surface area contributed by atoms with Crippen LogP contribution in [0.5, 0.6) is 0 Å². The molecule has 0 saturated carbocycles. The molecule has 0 radical (unpaired) electrons. The molecule has 4 rings (SSSR count). The Kier molecular flexibility index (Phi) is 3.18. The van der Waals surface area contributed by atoms with Gasteiger partial charge in [-0.1, -0.05) is 65.3 Å². The Hall–Kier alpha value is -1.16. The summed E-state index contributed by atoms with van der Waals surface area (Å²) in [6, 6.07) is 5.87. The minimum absolute atomic E-state index is 0.275. The Morgan fingerprint density at radius 1 is 1.14 bits per heavy atom. The van der Waals surface area contributed by atoms with E-state index in [1.807, 2.05) is 18.2 Å². The van der Waals surface area contributed by atoms with Crippen LogP contribution in [0.4, 0.5) is 0 Å². The smallest absolute Gasteiger partial charge is 0.168 e. The quantitative estimate of drug-likeness (QED) is 0.784. The predicted octanol–water partition coefficient (Wildman–Crippen LogP) is 4.62. The standard InChI is InChI=1S/C16H12Cl2N2S/c17-12-4-3-11(9-13(12)18)16(5-1-2-6-16)14-10-21-15-19-7-8-20(14)15/h1-6,9-10H,7-8H2. The van der Waals surface area contributed by atoms with Gasteiger partial charge in [-0.2, -0.15) is 0 Å². The highest BCUT2D eigenvalue weighted by Gasteiger charge is 2.41. The summed E-state index contributed by atoms with van der Waals surface area (Å²) in [5.41, 5.74) is 2.09. The van der Waals surface area contributed by atoms with Crippen LogP contribution in [0.15, 0.2) is 58.6 Å². The van der Waals surface area contributed by atoms with E-state index in [0.717, 1.165) is 23.8 Å². The third-order valence-corrected chi connectivity index (χ3v) is 5.66. The topological polar surface area (TPSA) is 15.6 Å². The van der Waals surface area contributed by atoms with Gasteiger partial charge in [0.25, 0.3) is 0 Å². The number of allylic oxidation sites excluding steroid dienone is 3. The molecule has 21 heavy (non-hydrogen) atoms. The number of fused-ring (bicyclic) bond motifs is 1. The van der Waals surface area contributed by atoms with Crippen LogP contribution in [0.25, 0.3) is 0 Å². The molecule has 1 aliphatic carbocycles. The molecule has 0 unspecified atom stereocenters. The SMILES string of the molecule is Clc1ccc(C2(C3=CSC4=NCCN34)C=CC=C2)cc1Cl. The second-order valence-corrected chi connectivity index (χ2v) is 6.80. The summed E-state index contributed by atoms with van der Waals surface area (Å²) >= 11 is 14.0. The van der Waals surface area contributed by atoms with E-state index < -0.39 is 0 Å². The molecular weight excluding hydrogens is 323 g/mol. The third kappa shape index (κ3) is 1.99. The number of nitrogens with zero attached hydrogens (tertiary/aromatic N) is 2. The molecule has 0 N–H and O–H groups in total. The first-order chi connectivity index (χ1) is 10.2. The fraction of sp³-hybridized carbons (Fsp3) is 0.188. The summed E-state index contributed by atoms with van der Waals surface area (Å²) in [4.78, 5) is 6.83. The summed E-state index contributed by atoms with van der Waals surface area (Å²) in [7, 11) is 0. The normalized spacial score (nSPS) is 21.7. The monoisotopic (exact) mass is 334 g/mol. The van der Waals surface area contributed by atoms with Gasteiger partial charge >= 0.3 is 0 Å². The average Bonchev–Trinajstić information content (AvgIpc) is 3.16. The van der Waals surface area contributed by atoms with Crippen LogP contribution in [0.3, 0.4) is 0 Å². The molecule has 2 nitrogen and oxygen atoms in total. The number of halogens is 2. The summed E-state index contributed by atoms with van der Waals surface area (Å²) in [6.07, 6.45) is 8.58. The van der Waals surface area contributed by atoms with Crippen LogP contribution in [-0.4, -0.2) is 23.2 Å². The molecule has 0 spiro atoms. The highest BCUT2D eigenvalue weighted by molar-refractivity contribution is 8.16. The zero-order valence-electron chi connectivity index (χ0n) is 11.1. The number of hydrogen-bond acceptors (Lipinski definition) is 3. The van der Waals surface area contributed by atoms with Crippen LogP contribution >= 0.6 is 35.0 Å². The molecule has 106 valence electrons. The Morgan fingerprint density at radius 2 is 1.95 bits per heavy atom. The second kappa shape index (κ2) is 4.94. The van der Waals surface area contributed by atoms with Gasteiger partial charge in [0.1, 0.15) is 0 Å². The highest BCUT2D eigenvalue weighted by Crippen LogP contribution is 2.46. The molecule has 5 heteroatoms. The van der Waals surface area contributed by atoms with Crippen molar-refractivity contribution in [1.29, 1.82) is 0 Å². The van der Waals surface area contributed by atoms with Crippen molar-refractivity contribution in [1.82, 2.24) is 4.90 Å². The molecule has 0 amide bonds. The summed E-state index contributed by atoms with van der Waals surface area (Å²) in [6.45, 7) is 1.81. The van der Waals surface area contributed by atoms with E-state index in [4.69, 9.17) is 23.2 Å². The first-order valence-electron chi connectivity index (χ1n) is 6.73. The Morgan fingerprint density at radius 3 is 2.71 bits per heavy atom. The van der Waals surface area contributed by atoms with Gasteiger partial charge in [-0.3, -0.25) is 4.99 Å². The lowest BCUT2D eigenvalue weighted by atomic mass is 9.79. The van der Waals surface area contributed by atoms with Crippen molar-refractivity contribution in [2.24, 2.45) is 4.99 Å². The number of amidine groups is 1. The lowest BCUT2D eigenvalue weighted by molar-refractivity contribution is 0.506. The molecule has 2 heterocycles. The van der Waals surface area contributed by atoms with Gasteiger partial charge in [0.15, 0.2) is 5.17 Å². The van der Waals surface area contributed by atoms with E-state index in [1.54, 1.807) is 11.8 Å². The molecule has 0 aromatic heterocycles. The number of benzene rings is 1. The maximum absolute atomic E-state index is 6.23. The molecule has 1 aromatic rings. The minimum Gasteiger partial charge on any atom is -0.321 e. The van der Waals surface area contributed by atoms with Crippen molar-refractivity contribution < 1.29 is 0 Å². The zero-order valence-corrected chi connectivity index (χ0v) is 13.4. The van der Waals surface area contributed by atoms with E-state index in [-0.39, 0.29) is 5.41 Å². The first-order valence-corrected chi connectivity index (χ1v) is 8.36. The fourth-order valence-corrected chi connectivity index (χ4v) is 4.30. The molecule has 0 atom stereocenters. The Balaban J connectivity index is 1.84. The minimum atomic E-state index is -0.275. The number of rotatable bonds is 2. The molecule has 0 bridgehead atoms. The Bertz CT molecular complexity index is 722. The van der Waals surface area contributed by atoms with E-state index in [2.05, 4.69) is 39.6 Å².